The maximum absolute atomic E-state index is 13.4. The van der Waals surface area contributed by atoms with Gasteiger partial charge in [0.2, 0.25) is 0 Å². The van der Waals surface area contributed by atoms with Crippen LogP contribution in [0.1, 0.15) is 24.2 Å². The van der Waals surface area contributed by atoms with Crippen molar-refractivity contribution >= 4 is 17.3 Å². The van der Waals surface area contributed by atoms with Gasteiger partial charge < -0.3 is 10.8 Å². The van der Waals surface area contributed by atoms with E-state index in [9.17, 15) is 13.9 Å². The molecule has 0 aliphatic heterocycles. The highest BCUT2D eigenvalue weighted by molar-refractivity contribution is 6.32. The number of benzene rings is 2. The van der Waals surface area contributed by atoms with Gasteiger partial charge in [-0.2, -0.15) is 0 Å². The van der Waals surface area contributed by atoms with E-state index in [-0.39, 0.29) is 27.4 Å². The van der Waals surface area contributed by atoms with Crippen molar-refractivity contribution in [2.75, 3.05) is 5.73 Å². The molecule has 0 bridgehead atoms. The SMILES string of the molecule is C#Cc1c(Cl)cc(C(C)O)c(-c2cc(F)cc(F)c2)c1N. The first-order valence-electron chi connectivity index (χ1n) is 6.08. The summed E-state index contributed by atoms with van der Waals surface area (Å²) in [6, 6.07) is 4.44. The minimum Gasteiger partial charge on any atom is -0.397 e. The van der Waals surface area contributed by atoms with Crippen molar-refractivity contribution in [3.63, 3.8) is 0 Å². The highest BCUT2D eigenvalue weighted by Gasteiger charge is 2.19. The molecular weight excluding hydrogens is 296 g/mol. The Morgan fingerprint density at radius 2 is 1.81 bits per heavy atom. The number of aliphatic hydroxyl groups is 1. The van der Waals surface area contributed by atoms with Gasteiger partial charge in [-0.15, -0.1) is 6.42 Å². The van der Waals surface area contributed by atoms with Crippen LogP contribution in [0.3, 0.4) is 0 Å². The molecule has 0 radical (unpaired) electrons. The van der Waals surface area contributed by atoms with Crippen LogP contribution in [-0.2, 0) is 0 Å². The molecule has 2 aromatic rings. The zero-order valence-corrected chi connectivity index (χ0v) is 11.9. The lowest BCUT2D eigenvalue weighted by molar-refractivity contribution is 0.200. The van der Waals surface area contributed by atoms with Crippen LogP contribution in [0.15, 0.2) is 24.3 Å². The summed E-state index contributed by atoms with van der Waals surface area (Å²) in [6.45, 7) is 1.50. The molecule has 21 heavy (non-hydrogen) atoms. The van der Waals surface area contributed by atoms with Crippen molar-refractivity contribution in [1.29, 1.82) is 0 Å². The normalized spacial score (nSPS) is 12.0. The van der Waals surface area contributed by atoms with Crippen LogP contribution >= 0.6 is 11.6 Å². The van der Waals surface area contributed by atoms with E-state index in [1.54, 1.807) is 0 Å². The van der Waals surface area contributed by atoms with Gasteiger partial charge in [0.1, 0.15) is 11.6 Å². The predicted molar refractivity (Wildman–Crippen MR) is 79.8 cm³/mol. The fraction of sp³-hybridized carbons (Fsp3) is 0.125. The molecule has 0 saturated heterocycles. The van der Waals surface area contributed by atoms with Gasteiger partial charge in [-0.25, -0.2) is 8.78 Å². The van der Waals surface area contributed by atoms with Gasteiger partial charge in [-0.3, -0.25) is 0 Å². The molecule has 0 amide bonds. The zero-order chi connectivity index (χ0) is 15.7. The summed E-state index contributed by atoms with van der Waals surface area (Å²) in [5, 5.41) is 10.1. The summed E-state index contributed by atoms with van der Waals surface area (Å²) in [5.41, 5.74) is 7.12. The third-order valence-electron chi connectivity index (χ3n) is 3.09. The van der Waals surface area contributed by atoms with Gasteiger partial charge in [-0.1, -0.05) is 17.5 Å². The lowest BCUT2D eigenvalue weighted by atomic mass is 9.92. The summed E-state index contributed by atoms with van der Waals surface area (Å²) in [4.78, 5) is 0. The number of anilines is 1. The lowest BCUT2D eigenvalue weighted by Gasteiger charge is -2.18. The van der Waals surface area contributed by atoms with Gasteiger partial charge in [0.15, 0.2) is 0 Å². The number of nitrogens with two attached hydrogens (primary N) is 1. The van der Waals surface area contributed by atoms with Crippen LogP contribution in [0.5, 0.6) is 0 Å². The average molecular weight is 308 g/mol. The Morgan fingerprint density at radius 1 is 1.24 bits per heavy atom. The second-order valence-corrected chi connectivity index (χ2v) is 5.00. The van der Waals surface area contributed by atoms with E-state index in [0.29, 0.717) is 5.56 Å². The first-order valence-corrected chi connectivity index (χ1v) is 6.46. The van der Waals surface area contributed by atoms with Crippen LogP contribution < -0.4 is 5.73 Å². The Balaban J connectivity index is 2.86. The van der Waals surface area contributed by atoms with Gasteiger partial charge >= 0.3 is 0 Å². The zero-order valence-electron chi connectivity index (χ0n) is 11.1. The maximum Gasteiger partial charge on any atom is 0.126 e. The minimum atomic E-state index is -0.932. The second kappa shape index (κ2) is 5.72. The predicted octanol–water partition coefficient (Wildman–Crippen LogP) is 3.90. The van der Waals surface area contributed by atoms with E-state index >= 15 is 0 Å². The maximum atomic E-state index is 13.4. The lowest BCUT2D eigenvalue weighted by Crippen LogP contribution is -2.03. The van der Waals surface area contributed by atoms with Gasteiger partial charge in [0.05, 0.1) is 22.4 Å². The molecule has 3 N–H and O–H groups in total. The molecular formula is C16H12ClF2NO. The van der Waals surface area contributed by atoms with E-state index < -0.39 is 17.7 Å². The molecule has 1 atom stereocenters. The Bertz CT molecular complexity index is 731. The van der Waals surface area contributed by atoms with Crippen LogP contribution in [0.4, 0.5) is 14.5 Å². The number of aliphatic hydroxyl groups excluding tert-OH is 1. The monoisotopic (exact) mass is 307 g/mol. The summed E-state index contributed by atoms with van der Waals surface area (Å²) in [5.74, 6) is 0.840. The van der Waals surface area contributed by atoms with Crippen LogP contribution in [0.2, 0.25) is 5.02 Å². The van der Waals surface area contributed by atoms with Crippen molar-refractivity contribution in [1.82, 2.24) is 0 Å². The molecule has 1 unspecified atom stereocenters. The highest BCUT2D eigenvalue weighted by atomic mass is 35.5. The molecule has 0 spiro atoms. The summed E-state index contributed by atoms with van der Waals surface area (Å²) >= 11 is 6.02. The highest BCUT2D eigenvalue weighted by Crippen LogP contribution is 2.39. The van der Waals surface area contributed by atoms with Crippen LogP contribution in [-0.4, -0.2) is 5.11 Å². The standard InChI is InChI=1S/C16H12ClF2NO/c1-3-12-14(17)7-13(8(2)21)15(16(12)20)9-4-10(18)6-11(19)5-9/h1,4-8,21H,20H2,2H3. The fourth-order valence-corrected chi connectivity index (χ4v) is 2.46. The molecule has 2 nitrogen and oxygen atoms in total. The van der Waals surface area contributed by atoms with E-state index in [0.717, 1.165) is 18.2 Å². The molecule has 5 heteroatoms. The fourth-order valence-electron chi connectivity index (χ4n) is 2.19. The second-order valence-electron chi connectivity index (χ2n) is 4.59. The number of hydrogen-bond acceptors (Lipinski definition) is 2. The smallest absolute Gasteiger partial charge is 0.126 e. The van der Waals surface area contributed by atoms with Crippen molar-refractivity contribution in [2.45, 2.75) is 13.0 Å². The van der Waals surface area contributed by atoms with Crippen molar-refractivity contribution in [3.05, 3.63) is 52.0 Å². The van der Waals surface area contributed by atoms with E-state index in [2.05, 4.69) is 5.92 Å². The van der Waals surface area contributed by atoms with E-state index in [4.69, 9.17) is 23.8 Å². The largest absolute Gasteiger partial charge is 0.397 e. The van der Waals surface area contributed by atoms with Gasteiger partial charge in [0, 0.05) is 11.6 Å². The summed E-state index contributed by atoms with van der Waals surface area (Å²) in [6.07, 6.45) is 4.43. The molecule has 2 aromatic carbocycles. The Morgan fingerprint density at radius 3 is 2.29 bits per heavy atom. The number of nitrogen functional groups attached to an aromatic ring is 1. The third kappa shape index (κ3) is 2.85. The quantitative estimate of drug-likeness (QED) is 0.653. The van der Waals surface area contributed by atoms with Gasteiger partial charge in [-0.05, 0) is 36.2 Å². The molecule has 0 aliphatic carbocycles. The number of rotatable bonds is 2. The summed E-state index contributed by atoms with van der Waals surface area (Å²) < 4.78 is 26.9. The number of terminal acetylenes is 1. The molecule has 2 rings (SSSR count). The number of hydrogen-bond donors (Lipinski definition) is 2. The first-order chi connectivity index (χ1) is 9.85. The number of halogens is 3. The molecule has 0 saturated carbocycles. The van der Waals surface area contributed by atoms with Crippen molar-refractivity contribution in [2.24, 2.45) is 0 Å². The van der Waals surface area contributed by atoms with Crippen molar-refractivity contribution in [3.8, 4) is 23.5 Å². The molecule has 0 fully saturated rings. The van der Waals surface area contributed by atoms with E-state index in [1.807, 2.05) is 0 Å². The van der Waals surface area contributed by atoms with Crippen LogP contribution in [0, 0.1) is 24.0 Å². The summed E-state index contributed by atoms with van der Waals surface area (Å²) in [7, 11) is 0. The first kappa shape index (κ1) is 15.3. The van der Waals surface area contributed by atoms with Crippen LogP contribution in [0.25, 0.3) is 11.1 Å². The third-order valence-corrected chi connectivity index (χ3v) is 3.39. The molecule has 0 aromatic heterocycles. The molecule has 108 valence electrons. The van der Waals surface area contributed by atoms with Crippen molar-refractivity contribution < 1.29 is 13.9 Å². The Kier molecular flexibility index (Phi) is 4.17. The average Bonchev–Trinajstić information content (AvgIpc) is 2.36. The molecule has 0 heterocycles. The van der Waals surface area contributed by atoms with Gasteiger partial charge in [0.25, 0.3) is 0 Å². The van der Waals surface area contributed by atoms with E-state index in [1.165, 1.54) is 13.0 Å². The Labute approximate surface area is 126 Å². The molecule has 0 aliphatic rings. The Hall–Kier alpha value is -2.09. The minimum absolute atomic E-state index is 0.103. The topological polar surface area (TPSA) is 46.2 Å².